The fourth-order valence-corrected chi connectivity index (χ4v) is 1.81. The lowest BCUT2D eigenvalue weighted by molar-refractivity contribution is 0.318. The fourth-order valence-electron chi connectivity index (χ4n) is 1.27. The van der Waals surface area contributed by atoms with E-state index in [1.165, 1.54) is 22.9 Å². The van der Waals surface area contributed by atoms with Crippen LogP contribution in [0.3, 0.4) is 0 Å². The first-order chi connectivity index (χ1) is 8.13. The van der Waals surface area contributed by atoms with E-state index in [4.69, 9.17) is 16.3 Å². The minimum atomic E-state index is 0.413. The van der Waals surface area contributed by atoms with E-state index in [-0.39, 0.29) is 0 Å². The molecule has 0 saturated carbocycles. The van der Waals surface area contributed by atoms with Crippen LogP contribution in [0.2, 0.25) is 0 Å². The Labute approximate surface area is 106 Å². The Hall–Kier alpha value is -1.36. The fraction of sp³-hybridized carbons (Fsp3) is 0.417. The summed E-state index contributed by atoms with van der Waals surface area (Å²) < 4.78 is 5.63. The summed E-state index contributed by atoms with van der Waals surface area (Å²) in [7, 11) is 0. The van der Waals surface area contributed by atoms with E-state index in [0.717, 1.165) is 17.9 Å². The maximum atomic E-state index is 5.63. The molecule has 0 spiro atoms. The van der Waals surface area contributed by atoms with Crippen molar-refractivity contribution >= 4 is 16.9 Å². The van der Waals surface area contributed by atoms with Crippen LogP contribution in [0.25, 0.3) is 0 Å². The number of hydrogen-bond acceptors (Lipinski definition) is 4. The molecule has 0 saturated heterocycles. The number of benzene rings is 1. The van der Waals surface area contributed by atoms with Crippen molar-refractivity contribution in [3.8, 4) is 5.75 Å². The number of hydrazone groups is 1. The largest absolute Gasteiger partial charge is 0.494 e. The molecule has 0 radical (unpaired) electrons. The van der Waals surface area contributed by atoms with Crippen LogP contribution in [0.1, 0.15) is 17.5 Å². The van der Waals surface area contributed by atoms with Gasteiger partial charge in [-0.1, -0.05) is 17.8 Å². The highest BCUT2D eigenvalue weighted by molar-refractivity contribution is 8.13. The summed E-state index contributed by atoms with van der Waals surface area (Å²) in [5.74, 6) is 6.79. The van der Waals surface area contributed by atoms with Crippen LogP contribution in [-0.4, -0.2) is 17.5 Å². The number of amidine groups is 1. The van der Waals surface area contributed by atoms with Gasteiger partial charge in [0, 0.05) is 5.75 Å². The summed E-state index contributed by atoms with van der Waals surface area (Å²) >= 11 is 1.44. The molecule has 0 heterocycles. The molecule has 17 heavy (non-hydrogen) atoms. The van der Waals surface area contributed by atoms with Gasteiger partial charge in [0.1, 0.15) is 5.75 Å². The molecular formula is C12H19N3OS. The van der Waals surface area contributed by atoms with Crippen molar-refractivity contribution < 1.29 is 4.74 Å². The van der Waals surface area contributed by atoms with Crippen molar-refractivity contribution in [1.29, 1.82) is 0 Å². The van der Waals surface area contributed by atoms with Crippen molar-refractivity contribution in [2.75, 3.05) is 12.4 Å². The van der Waals surface area contributed by atoms with Crippen LogP contribution in [0.5, 0.6) is 5.75 Å². The van der Waals surface area contributed by atoms with Gasteiger partial charge in [-0.05, 0) is 43.5 Å². The van der Waals surface area contributed by atoms with E-state index in [2.05, 4.69) is 31.1 Å². The zero-order valence-corrected chi connectivity index (χ0v) is 11.1. The van der Waals surface area contributed by atoms with E-state index in [1.807, 2.05) is 6.07 Å². The van der Waals surface area contributed by atoms with Crippen LogP contribution < -0.4 is 16.3 Å². The Bertz CT molecular complexity index is 393. The highest BCUT2D eigenvalue weighted by Crippen LogP contribution is 2.16. The highest BCUT2D eigenvalue weighted by Gasteiger charge is 1.98. The van der Waals surface area contributed by atoms with Crippen molar-refractivity contribution in [2.24, 2.45) is 16.7 Å². The van der Waals surface area contributed by atoms with Gasteiger partial charge in [-0.3, -0.25) is 0 Å². The molecule has 0 aromatic heterocycles. The van der Waals surface area contributed by atoms with Crippen LogP contribution >= 0.6 is 11.8 Å². The Kier molecular flexibility index (Phi) is 5.69. The summed E-state index contributed by atoms with van der Waals surface area (Å²) in [5, 5.41) is 3.80. The number of aryl methyl sites for hydroxylation is 2. The molecule has 1 aromatic carbocycles. The monoisotopic (exact) mass is 253 g/mol. The summed E-state index contributed by atoms with van der Waals surface area (Å²) in [6, 6.07) is 6.11. The van der Waals surface area contributed by atoms with E-state index in [0.29, 0.717) is 11.8 Å². The first-order valence-electron chi connectivity index (χ1n) is 5.49. The second-order valence-corrected chi connectivity index (χ2v) is 4.88. The molecule has 0 fully saturated rings. The molecule has 0 unspecified atom stereocenters. The molecule has 0 aliphatic heterocycles. The standard InChI is InChI=1S/C12H19N3OS/c1-9-4-5-11(8-10(9)2)16-6-3-7-17-12(13)15-14/h4-5,8H,3,6-7,14H2,1-2H3,(H2,13,15). The number of thioether (sulfide) groups is 1. The Balaban J connectivity index is 2.24. The SMILES string of the molecule is Cc1ccc(OCCCSC(N)=NN)cc1C. The van der Waals surface area contributed by atoms with Crippen molar-refractivity contribution in [1.82, 2.24) is 0 Å². The lowest BCUT2D eigenvalue weighted by Gasteiger charge is -2.08. The normalized spacial score (nSPS) is 11.5. The lowest BCUT2D eigenvalue weighted by Crippen LogP contribution is -2.10. The molecule has 5 heteroatoms. The van der Waals surface area contributed by atoms with Gasteiger partial charge in [0.15, 0.2) is 5.17 Å². The van der Waals surface area contributed by atoms with Gasteiger partial charge in [0.05, 0.1) is 6.61 Å². The average Bonchev–Trinajstić information content (AvgIpc) is 2.33. The lowest BCUT2D eigenvalue weighted by atomic mass is 10.1. The molecule has 1 aromatic rings. The van der Waals surface area contributed by atoms with E-state index < -0.39 is 0 Å². The maximum Gasteiger partial charge on any atom is 0.177 e. The topological polar surface area (TPSA) is 73.6 Å². The molecule has 1 rings (SSSR count). The molecule has 94 valence electrons. The predicted molar refractivity (Wildman–Crippen MR) is 74.3 cm³/mol. The van der Waals surface area contributed by atoms with Crippen LogP contribution in [0.15, 0.2) is 23.3 Å². The van der Waals surface area contributed by atoms with Crippen LogP contribution in [-0.2, 0) is 0 Å². The number of rotatable bonds is 5. The molecule has 0 amide bonds. The van der Waals surface area contributed by atoms with Crippen molar-refractivity contribution in [2.45, 2.75) is 20.3 Å². The number of hydrogen-bond donors (Lipinski definition) is 2. The van der Waals surface area contributed by atoms with Crippen molar-refractivity contribution in [3.63, 3.8) is 0 Å². The molecule has 0 atom stereocenters. The minimum absolute atomic E-state index is 0.413. The summed E-state index contributed by atoms with van der Waals surface area (Å²) in [6.45, 7) is 4.84. The molecule has 4 nitrogen and oxygen atoms in total. The molecular weight excluding hydrogens is 234 g/mol. The molecule has 0 aliphatic rings. The van der Waals surface area contributed by atoms with Gasteiger partial charge in [-0.2, -0.15) is 5.10 Å². The van der Waals surface area contributed by atoms with E-state index in [1.54, 1.807) is 0 Å². The third-order valence-corrected chi connectivity index (χ3v) is 3.31. The Morgan fingerprint density at radius 2 is 2.12 bits per heavy atom. The van der Waals surface area contributed by atoms with E-state index >= 15 is 0 Å². The number of nitrogens with zero attached hydrogens (tertiary/aromatic N) is 1. The third-order valence-electron chi connectivity index (χ3n) is 2.41. The zero-order chi connectivity index (χ0) is 12.7. The Morgan fingerprint density at radius 3 is 2.76 bits per heavy atom. The average molecular weight is 253 g/mol. The molecule has 4 N–H and O–H groups in total. The highest BCUT2D eigenvalue weighted by atomic mass is 32.2. The second kappa shape index (κ2) is 7.06. The van der Waals surface area contributed by atoms with Gasteiger partial charge < -0.3 is 16.3 Å². The van der Waals surface area contributed by atoms with Gasteiger partial charge >= 0.3 is 0 Å². The summed E-state index contributed by atoms with van der Waals surface area (Å²) in [4.78, 5) is 0. The van der Waals surface area contributed by atoms with Gasteiger partial charge in [-0.25, -0.2) is 0 Å². The third kappa shape index (κ3) is 4.99. The van der Waals surface area contributed by atoms with Crippen molar-refractivity contribution in [3.05, 3.63) is 29.3 Å². The summed E-state index contributed by atoms with van der Waals surface area (Å²) in [6.07, 6.45) is 0.911. The maximum absolute atomic E-state index is 5.63. The second-order valence-electron chi connectivity index (χ2n) is 3.76. The van der Waals surface area contributed by atoms with E-state index in [9.17, 15) is 0 Å². The Morgan fingerprint density at radius 1 is 1.35 bits per heavy atom. The zero-order valence-electron chi connectivity index (χ0n) is 10.3. The predicted octanol–water partition coefficient (Wildman–Crippen LogP) is 1.99. The van der Waals surface area contributed by atoms with Crippen LogP contribution in [0, 0.1) is 13.8 Å². The first-order valence-corrected chi connectivity index (χ1v) is 6.48. The first kappa shape index (κ1) is 13.7. The summed E-state index contributed by atoms with van der Waals surface area (Å²) in [5.41, 5.74) is 7.97. The van der Waals surface area contributed by atoms with Crippen LogP contribution in [0.4, 0.5) is 0 Å². The van der Waals surface area contributed by atoms with Gasteiger partial charge in [0.25, 0.3) is 0 Å². The quantitative estimate of drug-likeness (QED) is 0.277. The number of ether oxygens (including phenoxy) is 1. The smallest absolute Gasteiger partial charge is 0.177 e. The van der Waals surface area contributed by atoms with Gasteiger partial charge in [0.2, 0.25) is 0 Å². The minimum Gasteiger partial charge on any atom is -0.494 e. The molecule has 0 aliphatic carbocycles. The molecule has 0 bridgehead atoms. The van der Waals surface area contributed by atoms with Gasteiger partial charge in [-0.15, -0.1) is 0 Å². The number of nitrogens with two attached hydrogens (primary N) is 2.